The Morgan fingerprint density at radius 1 is 1.12 bits per heavy atom. The van der Waals surface area contributed by atoms with Crippen LogP contribution < -0.4 is 15.1 Å². The molecule has 0 spiro atoms. The average Bonchev–Trinajstić information content (AvgIpc) is 2.78. The third-order valence-corrected chi connectivity index (χ3v) is 6.19. The van der Waals surface area contributed by atoms with Crippen molar-refractivity contribution in [2.24, 2.45) is 0 Å². The largest absolute Gasteiger partial charge is 0.451 e. The molecule has 2 aliphatic rings. The van der Waals surface area contributed by atoms with Gasteiger partial charge in [-0.2, -0.15) is 18.4 Å². The molecule has 1 amide bonds. The summed E-state index contributed by atoms with van der Waals surface area (Å²) in [6.45, 7) is 3.44. The predicted octanol–water partition coefficient (Wildman–Crippen LogP) is 2.06. The molecule has 1 atom stereocenters. The van der Waals surface area contributed by atoms with Crippen LogP contribution in [0.25, 0.3) is 0 Å². The number of likely N-dealkylation sites (N-methyl/N-ethyl adjacent to an activating group) is 1. The maximum Gasteiger partial charge on any atom is 0.451 e. The first-order chi connectivity index (χ1) is 16.2. The van der Waals surface area contributed by atoms with E-state index in [9.17, 15) is 18.0 Å². The molecule has 2 aliphatic heterocycles. The van der Waals surface area contributed by atoms with E-state index in [1.165, 1.54) is 0 Å². The second kappa shape index (κ2) is 9.85. The number of aromatic nitrogens is 2. The number of amides is 1. The Hall–Kier alpha value is -3.39. The van der Waals surface area contributed by atoms with Crippen LogP contribution in [0.2, 0.25) is 0 Å². The van der Waals surface area contributed by atoms with Crippen molar-refractivity contribution in [3.05, 3.63) is 47.3 Å². The lowest BCUT2D eigenvalue weighted by atomic mass is 10.0. The Balaban J connectivity index is 1.43. The van der Waals surface area contributed by atoms with Crippen LogP contribution in [0.15, 0.2) is 30.3 Å². The van der Waals surface area contributed by atoms with Gasteiger partial charge in [0.25, 0.3) is 0 Å². The lowest BCUT2D eigenvalue weighted by Crippen LogP contribution is -2.57. The van der Waals surface area contributed by atoms with Gasteiger partial charge in [-0.1, -0.05) is 12.1 Å². The van der Waals surface area contributed by atoms with Gasteiger partial charge in [0.2, 0.25) is 11.7 Å². The van der Waals surface area contributed by atoms with Crippen LogP contribution in [0.1, 0.15) is 23.4 Å². The van der Waals surface area contributed by atoms with Gasteiger partial charge in [0.15, 0.2) is 0 Å². The summed E-state index contributed by atoms with van der Waals surface area (Å²) < 4.78 is 40.6. The molecule has 1 aromatic carbocycles. The summed E-state index contributed by atoms with van der Waals surface area (Å²) in [6, 6.07) is 10.1. The Morgan fingerprint density at radius 2 is 1.79 bits per heavy atom. The summed E-state index contributed by atoms with van der Waals surface area (Å²) in [6.07, 6.45) is -3.55. The number of carbonyl (C=O) groups is 1. The quantitative estimate of drug-likeness (QED) is 0.687. The number of anilines is 2. The van der Waals surface area contributed by atoms with E-state index in [2.05, 4.69) is 26.3 Å². The van der Waals surface area contributed by atoms with Crippen LogP contribution in [0.3, 0.4) is 0 Å². The van der Waals surface area contributed by atoms with E-state index in [0.717, 1.165) is 18.7 Å². The highest BCUT2D eigenvalue weighted by Crippen LogP contribution is 2.33. The number of nitrogens with one attached hydrogen (secondary N) is 1. The first kappa shape index (κ1) is 23.8. The number of hydrogen-bond acceptors (Lipinski definition) is 7. The van der Waals surface area contributed by atoms with E-state index >= 15 is 0 Å². The van der Waals surface area contributed by atoms with Crippen molar-refractivity contribution in [1.82, 2.24) is 20.2 Å². The lowest BCUT2D eigenvalue weighted by Gasteiger charge is -2.41. The fourth-order valence-electron chi connectivity index (χ4n) is 4.02. The molecule has 2 fully saturated rings. The van der Waals surface area contributed by atoms with Crippen molar-refractivity contribution < 1.29 is 18.0 Å². The number of piperazine rings is 1. The molecule has 1 N–H and O–H groups in total. The minimum absolute atomic E-state index is 0.120. The predicted molar refractivity (Wildman–Crippen MR) is 120 cm³/mol. The smallest absolute Gasteiger partial charge is 0.354 e. The van der Waals surface area contributed by atoms with Gasteiger partial charge in [-0.15, -0.1) is 0 Å². The standard InChI is InChI=1S/C23H26F3N7O/c1-31-10-12-32(13-11-31)19-14-20(30-22(29-19)23(24,25)26)33-9-7-18(33)21(34)28-8-6-16-2-4-17(15-27)5-3-16/h2-5,14,18H,6-13H2,1H3,(H,28,34)/t18-/m1/s1. The summed E-state index contributed by atoms with van der Waals surface area (Å²) >= 11 is 0. The number of nitrogens with zero attached hydrogens (tertiary/aromatic N) is 6. The zero-order valence-electron chi connectivity index (χ0n) is 18.8. The molecule has 1 aromatic heterocycles. The highest BCUT2D eigenvalue weighted by molar-refractivity contribution is 5.86. The molecule has 34 heavy (non-hydrogen) atoms. The molecule has 3 heterocycles. The average molecular weight is 474 g/mol. The fourth-order valence-corrected chi connectivity index (χ4v) is 4.02. The zero-order chi connectivity index (χ0) is 24.3. The Labute approximate surface area is 196 Å². The normalized spacial score (nSPS) is 18.9. The minimum Gasteiger partial charge on any atom is -0.354 e. The number of carbonyl (C=O) groups excluding carboxylic acids is 1. The first-order valence-electron chi connectivity index (χ1n) is 11.2. The summed E-state index contributed by atoms with van der Waals surface area (Å²) in [7, 11) is 1.97. The molecule has 180 valence electrons. The topological polar surface area (TPSA) is 88.4 Å². The number of benzene rings is 1. The number of halogens is 3. The molecular weight excluding hydrogens is 447 g/mol. The Bertz CT molecular complexity index is 1060. The molecule has 0 aliphatic carbocycles. The highest BCUT2D eigenvalue weighted by atomic mass is 19.4. The Kier molecular flexibility index (Phi) is 6.88. The van der Waals surface area contributed by atoms with Gasteiger partial charge in [-0.05, 0) is 37.6 Å². The first-order valence-corrected chi connectivity index (χ1v) is 11.2. The molecule has 11 heteroatoms. The molecule has 4 rings (SSSR count). The Morgan fingerprint density at radius 3 is 2.38 bits per heavy atom. The van der Waals surface area contributed by atoms with E-state index in [1.807, 2.05) is 24.1 Å². The van der Waals surface area contributed by atoms with Crippen molar-refractivity contribution in [2.45, 2.75) is 25.1 Å². The summed E-state index contributed by atoms with van der Waals surface area (Å²) in [5.41, 5.74) is 1.55. The number of nitriles is 1. The van der Waals surface area contributed by atoms with Crippen molar-refractivity contribution in [3.63, 3.8) is 0 Å². The summed E-state index contributed by atoms with van der Waals surface area (Å²) in [5, 5.41) is 11.7. The van der Waals surface area contributed by atoms with Crippen molar-refractivity contribution in [2.75, 3.05) is 56.1 Å². The van der Waals surface area contributed by atoms with Crippen LogP contribution in [0, 0.1) is 11.3 Å². The molecule has 0 radical (unpaired) electrons. The molecule has 0 saturated carbocycles. The van der Waals surface area contributed by atoms with E-state index in [-0.39, 0.29) is 17.5 Å². The van der Waals surface area contributed by atoms with Crippen LogP contribution in [-0.2, 0) is 17.4 Å². The maximum atomic E-state index is 13.5. The third-order valence-electron chi connectivity index (χ3n) is 6.19. The van der Waals surface area contributed by atoms with Gasteiger partial charge in [0.1, 0.15) is 17.7 Å². The summed E-state index contributed by atoms with van der Waals surface area (Å²) in [5.74, 6) is -1.08. The fraction of sp³-hybridized carbons (Fsp3) is 0.478. The maximum absolute atomic E-state index is 13.5. The van der Waals surface area contributed by atoms with E-state index in [0.29, 0.717) is 44.6 Å². The zero-order valence-corrected chi connectivity index (χ0v) is 18.8. The molecular formula is C23H26F3N7O. The molecule has 2 saturated heterocycles. The van der Waals surface area contributed by atoms with Gasteiger partial charge < -0.3 is 20.0 Å². The minimum atomic E-state index is -4.68. The van der Waals surface area contributed by atoms with Gasteiger partial charge in [-0.25, -0.2) is 9.97 Å². The molecule has 8 nitrogen and oxygen atoms in total. The molecule has 0 bridgehead atoms. The monoisotopic (exact) mass is 473 g/mol. The third kappa shape index (κ3) is 5.39. The van der Waals surface area contributed by atoms with Gasteiger partial charge in [0.05, 0.1) is 11.6 Å². The van der Waals surface area contributed by atoms with Crippen molar-refractivity contribution >= 4 is 17.5 Å². The molecule has 0 unspecified atom stereocenters. The van der Waals surface area contributed by atoms with Gasteiger partial charge in [0, 0.05) is 45.3 Å². The summed E-state index contributed by atoms with van der Waals surface area (Å²) in [4.78, 5) is 25.8. The van der Waals surface area contributed by atoms with E-state index in [4.69, 9.17) is 5.26 Å². The second-order valence-corrected chi connectivity index (χ2v) is 8.54. The van der Waals surface area contributed by atoms with Crippen molar-refractivity contribution in [1.29, 1.82) is 5.26 Å². The van der Waals surface area contributed by atoms with E-state index in [1.54, 1.807) is 23.1 Å². The number of hydrogen-bond donors (Lipinski definition) is 1. The highest BCUT2D eigenvalue weighted by Gasteiger charge is 2.40. The van der Waals surface area contributed by atoms with Crippen LogP contribution >= 0.6 is 0 Å². The number of alkyl halides is 3. The van der Waals surface area contributed by atoms with Crippen molar-refractivity contribution in [3.8, 4) is 6.07 Å². The SMILES string of the molecule is CN1CCN(c2cc(N3CC[C@@H]3C(=O)NCCc3ccc(C#N)cc3)nc(C(F)(F)F)n2)CC1. The van der Waals surface area contributed by atoms with Crippen LogP contribution in [0.4, 0.5) is 24.8 Å². The second-order valence-electron chi connectivity index (χ2n) is 8.54. The van der Waals surface area contributed by atoms with Gasteiger partial charge in [-0.3, -0.25) is 4.79 Å². The van der Waals surface area contributed by atoms with E-state index < -0.39 is 18.0 Å². The van der Waals surface area contributed by atoms with Crippen LogP contribution in [0.5, 0.6) is 0 Å². The number of rotatable bonds is 6. The van der Waals surface area contributed by atoms with Crippen LogP contribution in [-0.4, -0.2) is 73.1 Å². The van der Waals surface area contributed by atoms with Gasteiger partial charge >= 0.3 is 6.18 Å². The molecule has 2 aromatic rings. The lowest BCUT2D eigenvalue weighted by molar-refractivity contribution is -0.144.